The van der Waals surface area contributed by atoms with Crippen molar-refractivity contribution in [1.29, 1.82) is 0 Å². The molecule has 0 bridgehead atoms. The summed E-state index contributed by atoms with van der Waals surface area (Å²) in [5.74, 6) is -0.409. The van der Waals surface area contributed by atoms with Crippen molar-refractivity contribution in [3.8, 4) is 0 Å². The van der Waals surface area contributed by atoms with Gasteiger partial charge in [-0.2, -0.15) is 0 Å². The van der Waals surface area contributed by atoms with Gasteiger partial charge in [-0.05, 0) is 19.3 Å². The Kier molecular flexibility index (Phi) is 5.61. The number of aliphatic carboxylic acids is 1. The first-order chi connectivity index (χ1) is 8.04. The van der Waals surface area contributed by atoms with E-state index >= 15 is 0 Å². The van der Waals surface area contributed by atoms with E-state index in [-0.39, 0.29) is 17.7 Å². The topological polar surface area (TPSA) is 83.5 Å². The highest BCUT2D eigenvalue weighted by Crippen LogP contribution is 2.30. The smallest absolute Gasteiger partial charge is 0.306 e. The van der Waals surface area contributed by atoms with Crippen LogP contribution in [0.15, 0.2) is 0 Å². The summed E-state index contributed by atoms with van der Waals surface area (Å²) in [6.07, 6.45) is 1.64. The molecule has 3 atom stereocenters. The van der Waals surface area contributed by atoms with E-state index in [1.165, 1.54) is 0 Å². The molecule has 0 heterocycles. The second-order valence-electron chi connectivity index (χ2n) is 4.27. The van der Waals surface area contributed by atoms with E-state index in [4.69, 9.17) is 5.11 Å². The Morgan fingerprint density at radius 2 is 2.00 bits per heavy atom. The molecule has 1 aliphatic carbocycles. The Morgan fingerprint density at radius 1 is 1.35 bits per heavy atom. The summed E-state index contributed by atoms with van der Waals surface area (Å²) in [4.78, 5) is 22.4. The van der Waals surface area contributed by atoms with Crippen LogP contribution in [-0.2, 0) is 20.4 Å². The van der Waals surface area contributed by atoms with Crippen LogP contribution in [0.5, 0.6) is 0 Å². The van der Waals surface area contributed by atoms with Crippen molar-refractivity contribution in [3.63, 3.8) is 0 Å². The van der Waals surface area contributed by atoms with Crippen LogP contribution in [0.3, 0.4) is 0 Å². The average molecular weight is 261 g/mol. The van der Waals surface area contributed by atoms with E-state index in [1.807, 2.05) is 6.92 Å². The van der Waals surface area contributed by atoms with Crippen LogP contribution in [0.1, 0.15) is 26.2 Å². The first-order valence-corrected chi connectivity index (χ1v) is 7.38. The molecular formula is C11H19NO4S. The Balaban J connectivity index is 2.25. The van der Waals surface area contributed by atoms with E-state index in [2.05, 4.69) is 5.32 Å². The molecular weight excluding hydrogens is 242 g/mol. The molecule has 2 N–H and O–H groups in total. The van der Waals surface area contributed by atoms with Gasteiger partial charge in [-0.15, -0.1) is 0 Å². The Bertz CT molecular complexity index is 319. The fraction of sp³-hybridized carbons (Fsp3) is 0.818. The van der Waals surface area contributed by atoms with Crippen molar-refractivity contribution in [2.45, 2.75) is 26.2 Å². The SMILES string of the molecule is CCS(=O)CCNC(=O)[C@@H]1CC[C@H](C(=O)O)C1. The molecule has 0 aromatic heterocycles. The molecule has 0 aliphatic heterocycles. The predicted molar refractivity (Wildman–Crippen MR) is 65.0 cm³/mol. The lowest BCUT2D eigenvalue weighted by molar-refractivity contribution is -0.141. The van der Waals surface area contributed by atoms with E-state index in [9.17, 15) is 13.8 Å². The summed E-state index contributed by atoms with van der Waals surface area (Å²) in [6.45, 7) is 2.25. The number of hydrogen-bond donors (Lipinski definition) is 2. The number of carboxylic acid groups (broad SMARTS) is 1. The molecule has 0 radical (unpaired) electrons. The van der Waals surface area contributed by atoms with Gasteiger partial charge in [-0.1, -0.05) is 6.92 Å². The van der Waals surface area contributed by atoms with Crippen molar-refractivity contribution < 1.29 is 18.9 Å². The van der Waals surface area contributed by atoms with Gasteiger partial charge in [0.1, 0.15) is 0 Å². The maximum atomic E-state index is 11.7. The molecule has 5 nitrogen and oxygen atoms in total. The highest BCUT2D eigenvalue weighted by Gasteiger charge is 2.33. The highest BCUT2D eigenvalue weighted by atomic mass is 32.2. The summed E-state index contributed by atoms with van der Waals surface area (Å²) in [5.41, 5.74) is 0. The zero-order valence-electron chi connectivity index (χ0n) is 9.98. The lowest BCUT2D eigenvalue weighted by Crippen LogP contribution is -2.32. The van der Waals surface area contributed by atoms with Gasteiger partial charge in [-0.3, -0.25) is 13.8 Å². The van der Waals surface area contributed by atoms with Crippen LogP contribution >= 0.6 is 0 Å². The van der Waals surface area contributed by atoms with Gasteiger partial charge in [0.2, 0.25) is 5.91 Å². The van der Waals surface area contributed by atoms with Gasteiger partial charge in [-0.25, -0.2) is 0 Å². The van der Waals surface area contributed by atoms with E-state index in [0.29, 0.717) is 37.3 Å². The van der Waals surface area contributed by atoms with Crippen LogP contribution in [0, 0.1) is 11.8 Å². The number of nitrogens with one attached hydrogen (secondary N) is 1. The van der Waals surface area contributed by atoms with Crippen molar-refractivity contribution in [2.75, 3.05) is 18.1 Å². The molecule has 1 rings (SSSR count). The van der Waals surface area contributed by atoms with Crippen molar-refractivity contribution in [3.05, 3.63) is 0 Å². The second kappa shape index (κ2) is 6.74. The van der Waals surface area contributed by atoms with Gasteiger partial charge in [0.25, 0.3) is 0 Å². The normalized spacial score (nSPS) is 25.5. The van der Waals surface area contributed by atoms with Gasteiger partial charge in [0.05, 0.1) is 5.92 Å². The maximum absolute atomic E-state index is 11.7. The number of carbonyl (C=O) groups excluding carboxylic acids is 1. The Morgan fingerprint density at radius 3 is 2.53 bits per heavy atom. The van der Waals surface area contributed by atoms with Crippen LogP contribution in [0.2, 0.25) is 0 Å². The monoisotopic (exact) mass is 261 g/mol. The first-order valence-electron chi connectivity index (χ1n) is 5.90. The summed E-state index contributed by atoms with van der Waals surface area (Å²) >= 11 is 0. The van der Waals surface area contributed by atoms with Crippen LogP contribution in [0.4, 0.5) is 0 Å². The average Bonchev–Trinajstić information content (AvgIpc) is 2.78. The molecule has 0 aromatic carbocycles. The molecule has 17 heavy (non-hydrogen) atoms. The molecule has 1 saturated carbocycles. The molecule has 0 saturated heterocycles. The molecule has 1 aliphatic rings. The number of rotatable bonds is 6. The van der Waals surface area contributed by atoms with E-state index in [0.717, 1.165) is 0 Å². The summed E-state index contributed by atoms with van der Waals surface area (Å²) in [5, 5.41) is 11.5. The Labute approximate surface area is 103 Å². The fourth-order valence-electron chi connectivity index (χ4n) is 2.02. The van der Waals surface area contributed by atoms with Gasteiger partial charge in [0.15, 0.2) is 0 Å². The van der Waals surface area contributed by atoms with E-state index < -0.39 is 16.8 Å². The molecule has 1 amide bonds. The molecule has 0 aromatic rings. The van der Waals surface area contributed by atoms with Gasteiger partial charge in [0, 0.05) is 34.8 Å². The minimum atomic E-state index is -0.868. The number of carbonyl (C=O) groups is 2. The third kappa shape index (κ3) is 4.46. The van der Waals surface area contributed by atoms with Crippen LogP contribution in [0.25, 0.3) is 0 Å². The fourth-order valence-corrected chi connectivity index (χ4v) is 2.64. The molecule has 1 unspecified atom stereocenters. The van der Waals surface area contributed by atoms with Crippen LogP contribution < -0.4 is 5.32 Å². The molecule has 0 spiro atoms. The van der Waals surface area contributed by atoms with Gasteiger partial charge >= 0.3 is 5.97 Å². The lowest BCUT2D eigenvalue weighted by Gasteiger charge is -2.10. The summed E-state index contributed by atoms with van der Waals surface area (Å²) < 4.78 is 11.1. The molecule has 6 heteroatoms. The highest BCUT2D eigenvalue weighted by molar-refractivity contribution is 7.84. The van der Waals surface area contributed by atoms with Gasteiger partial charge < -0.3 is 10.4 Å². The van der Waals surface area contributed by atoms with E-state index in [1.54, 1.807) is 0 Å². The summed E-state index contributed by atoms with van der Waals surface area (Å²) in [7, 11) is -0.868. The van der Waals surface area contributed by atoms with Crippen molar-refractivity contribution >= 4 is 22.7 Å². The first kappa shape index (κ1) is 14.2. The minimum Gasteiger partial charge on any atom is -0.481 e. The number of hydrogen-bond acceptors (Lipinski definition) is 3. The number of amides is 1. The standard InChI is InChI=1S/C11H19NO4S/c1-2-17(16)6-5-12-10(13)8-3-4-9(7-8)11(14)15/h8-9H,2-7H2,1H3,(H,12,13)(H,14,15)/t8-,9+,17?/m1/s1. The zero-order chi connectivity index (χ0) is 12.8. The third-order valence-corrected chi connectivity index (χ3v) is 4.41. The van der Waals surface area contributed by atoms with Crippen molar-refractivity contribution in [2.24, 2.45) is 11.8 Å². The largest absolute Gasteiger partial charge is 0.481 e. The van der Waals surface area contributed by atoms with Crippen molar-refractivity contribution in [1.82, 2.24) is 5.32 Å². The summed E-state index contributed by atoms with van der Waals surface area (Å²) in [6, 6.07) is 0. The lowest BCUT2D eigenvalue weighted by atomic mass is 10.0. The minimum absolute atomic E-state index is 0.0955. The second-order valence-corrected chi connectivity index (χ2v) is 6.13. The predicted octanol–water partition coefficient (Wildman–Crippen LogP) is 0.372. The number of carboxylic acids is 1. The Hall–Kier alpha value is -0.910. The van der Waals surface area contributed by atoms with Crippen LogP contribution in [-0.4, -0.2) is 39.2 Å². The maximum Gasteiger partial charge on any atom is 0.306 e. The molecule has 98 valence electrons. The molecule has 1 fully saturated rings. The quantitative estimate of drug-likeness (QED) is 0.723. The third-order valence-electron chi connectivity index (χ3n) is 3.10. The zero-order valence-corrected chi connectivity index (χ0v) is 10.8.